The van der Waals surface area contributed by atoms with Crippen LogP contribution in [0.5, 0.6) is 5.88 Å². The van der Waals surface area contributed by atoms with Crippen LogP contribution in [-0.4, -0.2) is 87.5 Å². The molecule has 0 amide bonds. The molecule has 2 fully saturated rings. The molecule has 5 rings (SSSR count). The zero-order chi connectivity index (χ0) is 28.0. The van der Waals surface area contributed by atoms with Gasteiger partial charge in [0.1, 0.15) is 5.69 Å². The lowest BCUT2D eigenvalue weighted by Gasteiger charge is -2.44. The number of nitrogens with zero attached hydrogens (tertiary/aromatic N) is 4. The van der Waals surface area contributed by atoms with Crippen LogP contribution in [0.15, 0.2) is 17.3 Å². The van der Waals surface area contributed by atoms with Gasteiger partial charge >= 0.3 is 0 Å². The Hall–Kier alpha value is -2.25. The lowest BCUT2D eigenvalue weighted by atomic mass is 9.82. The topological polar surface area (TPSA) is 108 Å². The quantitative estimate of drug-likeness (QED) is 0.514. The van der Waals surface area contributed by atoms with Crippen LogP contribution >= 0.6 is 11.3 Å². The van der Waals surface area contributed by atoms with Crippen molar-refractivity contribution in [2.24, 2.45) is 10.4 Å². The van der Waals surface area contributed by atoms with Crippen LogP contribution in [0.3, 0.4) is 0 Å². The Morgan fingerprint density at radius 2 is 1.87 bits per heavy atom. The highest BCUT2D eigenvalue weighted by Crippen LogP contribution is 2.43. The molecular formula is C27H40N6O4S2. The molecule has 3 aliphatic rings. The van der Waals surface area contributed by atoms with E-state index in [9.17, 15) is 8.42 Å². The Balaban J connectivity index is 1.58. The highest BCUT2D eigenvalue weighted by atomic mass is 32.2. The Kier molecular flexibility index (Phi) is 7.70. The number of nitrogens with one attached hydrogen (secondary N) is 2. The van der Waals surface area contributed by atoms with E-state index in [0.29, 0.717) is 18.6 Å². The molecule has 0 radical (unpaired) electrons. The van der Waals surface area contributed by atoms with Gasteiger partial charge in [-0.25, -0.2) is 18.4 Å². The van der Waals surface area contributed by atoms with Crippen molar-refractivity contribution < 1.29 is 17.9 Å². The number of morpholine rings is 1. The minimum absolute atomic E-state index is 0.214. The van der Waals surface area contributed by atoms with Gasteiger partial charge in [-0.15, -0.1) is 11.3 Å². The Morgan fingerprint density at radius 3 is 2.51 bits per heavy atom. The largest absolute Gasteiger partial charge is 0.480 e. The lowest BCUT2D eigenvalue weighted by molar-refractivity contribution is -0.00423. The number of fused-ring (bicyclic) bond motifs is 1. The first-order chi connectivity index (χ1) is 18.4. The van der Waals surface area contributed by atoms with Gasteiger partial charge in [0, 0.05) is 41.8 Å². The van der Waals surface area contributed by atoms with Crippen molar-refractivity contribution in [2.75, 3.05) is 62.8 Å². The maximum atomic E-state index is 12.1. The highest BCUT2D eigenvalue weighted by molar-refractivity contribution is 7.92. The number of sulfonamides is 1. The Morgan fingerprint density at radius 1 is 1.18 bits per heavy atom. The smallest absolute Gasteiger partial charge is 0.238 e. The number of hydrogen-bond donors (Lipinski definition) is 2. The molecule has 2 aromatic rings. The van der Waals surface area contributed by atoms with Gasteiger partial charge in [-0.2, -0.15) is 0 Å². The number of pyridine rings is 1. The van der Waals surface area contributed by atoms with Gasteiger partial charge in [-0.05, 0) is 51.3 Å². The number of hydrogen-bond acceptors (Lipinski definition) is 10. The van der Waals surface area contributed by atoms with Gasteiger partial charge in [-0.1, -0.05) is 13.8 Å². The molecule has 0 spiro atoms. The van der Waals surface area contributed by atoms with Crippen molar-refractivity contribution in [1.82, 2.24) is 14.8 Å². The average Bonchev–Trinajstić information content (AvgIpc) is 3.18. The van der Waals surface area contributed by atoms with Crippen LogP contribution in [0, 0.1) is 12.3 Å². The van der Waals surface area contributed by atoms with Crippen LogP contribution in [0.25, 0.3) is 0 Å². The fourth-order valence-electron chi connectivity index (χ4n) is 5.50. The summed E-state index contributed by atoms with van der Waals surface area (Å²) in [5.41, 5.74) is 4.62. The van der Waals surface area contributed by atoms with E-state index in [4.69, 9.17) is 14.5 Å². The number of piperidine rings is 1. The Bertz CT molecular complexity index is 1360. The van der Waals surface area contributed by atoms with Crippen molar-refractivity contribution in [3.05, 3.63) is 33.1 Å². The number of anilines is 2. The average molecular weight is 577 g/mol. The summed E-state index contributed by atoms with van der Waals surface area (Å²) >= 11 is 1.72. The van der Waals surface area contributed by atoms with E-state index in [1.807, 2.05) is 0 Å². The predicted molar refractivity (Wildman–Crippen MR) is 157 cm³/mol. The molecule has 1 atom stereocenters. The number of likely N-dealkylation sites (tertiary alicyclic amines) is 1. The van der Waals surface area contributed by atoms with E-state index in [1.54, 1.807) is 23.6 Å². The second kappa shape index (κ2) is 10.6. The maximum absolute atomic E-state index is 12.1. The monoisotopic (exact) mass is 576 g/mol. The molecule has 39 heavy (non-hydrogen) atoms. The number of methoxy groups -OCH3 is 1. The van der Waals surface area contributed by atoms with E-state index >= 15 is 0 Å². The third-order valence-electron chi connectivity index (χ3n) is 7.95. The van der Waals surface area contributed by atoms with E-state index in [2.05, 4.69) is 52.5 Å². The summed E-state index contributed by atoms with van der Waals surface area (Å²) in [4.78, 5) is 16.9. The molecule has 0 bridgehead atoms. The molecule has 214 valence electrons. The van der Waals surface area contributed by atoms with Crippen LogP contribution in [-0.2, 0) is 21.3 Å². The second-order valence-corrected chi connectivity index (χ2v) is 14.6. The van der Waals surface area contributed by atoms with Crippen molar-refractivity contribution in [3.8, 4) is 5.88 Å². The van der Waals surface area contributed by atoms with Crippen LogP contribution in [0.1, 0.15) is 54.5 Å². The fourth-order valence-corrected chi connectivity index (χ4v) is 7.18. The second-order valence-electron chi connectivity index (χ2n) is 11.6. The molecule has 1 unspecified atom stereocenters. The SMILES string of the molecule is COc1ncc(C2=NC(C)(N3CCOCC3)Nc3c2sc(C)c3CN2CCC(C)(C)CC2)cc1NS(C)(=O)=O. The van der Waals surface area contributed by atoms with E-state index in [0.717, 1.165) is 60.8 Å². The molecule has 12 heteroatoms. The molecule has 3 aliphatic heterocycles. The summed E-state index contributed by atoms with van der Waals surface area (Å²) in [7, 11) is -2.06. The number of aliphatic imine (C=N–C) groups is 1. The summed E-state index contributed by atoms with van der Waals surface area (Å²) in [5.74, 6) is -0.478. The third-order valence-corrected chi connectivity index (χ3v) is 9.69. The molecular weight excluding hydrogens is 536 g/mol. The van der Waals surface area contributed by atoms with Gasteiger partial charge in [0.05, 0.1) is 42.9 Å². The first kappa shape index (κ1) is 28.3. The Labute approximate surface area is 235 Å². The van der Waals surface area contributed by atoms with Crippen molar-refractivity contribution >= 4 is 38.4 Å². The van der Waals surface area contributed by atoms with E-state index in [-0.39, 0.29) is 11.6 Å². The van der Waals surface area contributed by atoms with Gasteiger partial charge < -0.3 is 14.8 Å². The standard InChI is InChI=1S/C27H40N6O4S2/c1-18-20(17-32-9-7-26(2,3)8-10-32)23-24(38-18)22(29-27(4,30-23)33-11-13-37-14-12-33)19-15-21(31-39(6,34)35)25(36-5)28-16-19/h15-16,30-31H,7-14,17H2,1-6H3. The molecule has 0 aliphatic carbocycles. The molecule has 10 nitrogen and oxygen atoms in total. The summed E-state index contributed by atoms with van der Waals surface area (Å²) in [6.45, 7) is 14.9. The first-order valence-corrected chi connectivity index (χ1v) is 16.2. The highest BCUT2D eigenvalue weighted by Gasteiger charge is 2.40. The van der Waals surface area contributed by atoms with Crippen molar-refractivity contribution in [3.63, 3.8) is 0 Å². The molecule has 2 N–H and O–H groups in total. The van der Waals surface area contributed by atoms with Crippen LogP contribution < -0.4 is 14.8 Å². The van der Waals surface area contributed by atoms with Crippen LogP contribution in [0.2, 0.25) is 0 Å². The van der Waals surface area contributed by atoms with E-state index in [1.165, 1.54) is 30.4 Å². The van der Waals surface area contributed by atoms with Gasteiger partial charge in [0.25, 0.3) is 0 Å². The summed E-state index contributed by atoms with van der Waals surface area (Å²) < 4.78 is 37.7. The van der Waals surface area contributed by atoms with Gasteiger partial charge in [0.15, 0.2) is 5.79 Å². The maximum Gasteiger partial charge on any atom is 0.238 e. The molecule has 0 saturated carbocycles. The van der Waals surface area contributed by atoms with Crippen LogP contribution in [0.4, 0.5) is 11.4 Å². The molecule has 0 aromatic carbocycles. The summed E-state index contributed by atoms with van der Waals surface area (Å²) in [6.07, 6.45) is 5.21. The predicted octanol–water partition coefficient (Wildman–Crippen LogP) is 3.72. The first-order valence-electron chi connectivity index (χ1n) is 13.5. The van der Waals surface area contributed by atoms with Crippen molar-refractivity contribution in [2.45, 2.75) is 52.9 Å². The molecule has 2 saturated heterocycles. The van der Waals surface area contributed by atoms with E-state index < -0.39 is 15.8 Å². The minimum atomic E-state index is -3.53. The molecule has 2 aromatic heterocycles. The number of rotatable bonds is 7. The number of aryl methyl sites for hydroxylation is 1. The molecule has 5 heterocycles. The summed E-state index contributed by atoms with van der Waals surface area (Å²) in [6, 6.07) is 1.77. The third kappa shape index (κ3) is 6.09. The van der Waals surface area contributed by atoms with Crippen molar-refractivity contribution in [1.29, 1.82) is 0 Å². The number of thiophene rings is 1. The zero-order valence-electron chi connectivity index (χ0n) is 23.8. The minimum Gasteiger partial charge on any atom is -0.480 e. The van der Waals surface area contributed by atoms with Gasteiger partial charge in [0.2, 0.25) is 15.9 Å². The summed E-state index contributed by atoms with van der Waals surface area (Å²) in [5, 5.41) is 3.82. The zero-order valence-corrected chi connectivity index (χ0v) is 25.4. The van der Waals surface area contributed by atoms with Gasteiger partial charge in [-0.3, -0.25) is 14.5 Å². The number of aromatic nitrogens is 1. The normalized spacial score (nSPS) is 24.0. The lowest BCUT2D eigenvalue weighted by Crippen LogP contribution is -2.57. The fraction of sp³-hybridized carbons (Fsp3) is 0.630. The number of ether oxygens (including phenoxy) is 2.